The molecule has 0 bridgehead atoms. The van der Waals surface area contributed by atoms with Crippen LogP contribution in [-0.2, 0) is 4.79 Å². The van der Waals surface area contributed by atoms with Crippen LogP contribution in [0.1, 0.15) is 11.7 Å². The van der Waals surface area contributed by atoms with Gasteiger partial charge in [0.05, 0.1) is 0 Å². The fourth-order valence-corrected chi connectivity index (χ4v) is 1.37. The predicted octanol–water partition coefficient (Wildman–Crippen LogP) is 1.47. The van der Waals surface area contributed by atoms with Crippen molar-refractivity contribution in [1.82, 2.24) is 4.98 Å². The van der Waals surface area contributed by atoms with Crippen LogP contribution < -0.4 is 0 Å². The van der Waals surface area contributed by atoms with Gasteiger partial charge in [0.2, 0.25) is 0 Å². The van der Waals surface area contributed by atoms with E-state index < -0.39 is 6.10 Å². The highest BCUT2D eigenvalue weighted by Crippen LogP contribution is 2.18. The molecule has 1 aromatic heterocycles. The topological polar surface area (TPSA) is 50.2 Å². The molecule has 14 heavy (non-hydrogen) atoms. The molecule has 0 aliphatic heterocycles. The first-order valence-corrected chi connectivity index (χ1v) is 4.28. The van der Waals surface area contributed by atoms with Crippen LogP contribution in [0.4, 0.5) is 0 Å². The predicted molar refractivity (Wildman–Crippen MR) is 52.8 cm³/mol. The summed E-state index contributed by atoms with van der Waals surface area (Å²) < 4.78 is 0. The van der Waals surface area contributed by atoms with Crippen LogP contribution in [0.15, 0.2) is 36.7 Å². The maximum atomic E-state index is 10.4. The zero-order valence-corrected chi connectivity index (χ0v) is 7.42. The van der Waals surface area contributed by atoms with Crippen LogP contribution in [0.25, 0.3) is 10.8 Å². The van der Waals surface area contributed by atoms with Gasteiger partial charge in [0, 0.05) is 17.8 Å². The normalized spacial score (nSPS) is 12.6. The molecule has 0 fully saturated rings. The van der Waals surface area contributed by atoms with Gasteiger partial charge in [-0.1, -0.05) is 12.1 Å². The van der Waals surface area contributed by atoms with Crippen molar-refractivity contribution in [2.75, 3.05) is 0 Å². The van der Waals surface area contributed by atoms with E-state index in [1.165, 1.54) is 0 Å². The number of carbonyl (C=O) groups excluding carboxylic acids is 1. The van der Waals surface area contributed by atoms with E-state index in [-0.39, 0.29) is 0 Å². The number of carbonyl (C=O) groups is 1. The lowest BCUT2D eigenvalue weighted by atomic mass is 10.1. The van der Waals surface area contributed by atoms with Gasteiger partial charge >= 0.3 is 0 Å². The lowest BCUT2D eigenvalue weighted by Crippen LogP contribution is -1.97. The Morgan fingerprint density at radius 2 is 2.14 bits per heavy atom. The van der Waals surface area contributed by atoms with Gasteiger partial charge in [-0.2, -0.15) is 0 Å². The summed E-state index contributed by atoms with van der Waals surface area (Å²) in [6.07, 6.45) is 2.88. The molecule has 0 aliphatic carbocycles. The first kappa shape index (κ1) is 8.84. The standard InChI is InChI=1S/C11H9NO2/c13-7-11(14)9-2-1-8-3-4-12-6-10(8)5-9/h1-7,11,14H. The van der Waals surface area contributed by atoms with Gasteiger partial charge in [0.25, 0.3) is 0 Å². The molecule has 1 heterocycles. The summed E-state index contributed by atoms with van der Waals surface area (Å²) in [6.45, 7) is 0. The van der Waals surface area contributed by atoms with Crippen LogP contribution in [0.5, 0.6) is 0 Å². The number of aliphatic hydroxyl groups is 1. The molecule has 2 aromatic rings. The Labute approximate surface area is 81.0 Å². The molecule has 3 heteroatoms. The number of fused-ring (bicyclic) bond motifs is 1. The summed E-state index contributed by atoms with van der Waals surface area (Å²) in [6, 6.07) is 7.24. The van der Waals surface area contributed by atoms with Crippen LogP contribution in [0.3, 0.4) is 0 Å². The highest BCUT2D eigenvalue weighted by molar-refractivity contribution is 5.82. The summed E-state index contributed by atoms with van der Waals surface area (Å²) in [7, 11) is 0. The summed E-state index contributed by atoms with van der Waals surface area (Å²) in [5.74, 6) is 0. The zero-order chi connectivity index (χ0) is 9.97. The molecule has 1 aromatic carbocycles. The van der Waals surface area contributed by atoms with Crippen molar-refractivity contribution in [3.63, 3.8) is 0 Å². The molecule has 0 spiro atoms. The van der Waals surface area contributed by atoms with Crippen molar-refractivity contribution >= 4 is 17.1 Å². The third-order valence-corrected chi connectivity index (χ3v) is 2.14. The SMILES string of the molecule is O=CC(O)c1ccc2ccncc2c1. The van der Waals surface area contributed by atoms with Gasteiger partial charge in [-0.25, -0.2) is 0 Å². The summed E-state index contributed by atoms with van der Waals surface area (Å²) >= 11 is 0. The highest BCUT2D eigenvalue weighted by Gasteiger charge is 2.05. The third kappa shape index (κ3) is 1.49. The Hall–Kier alpha value is -1.74. The summed E-state index contributed by atoms with van der Waals surface area (Å²) in [4.78, 5) is 14.3. The van der Waals surface area contributed by atoms with E-state index in [9.17, 15) is 9.90 Å². The van der Waals surface area contributed by atoms with E-state index in [0.29, 0.717) is 11.8 Å². The number of aromatic nitrogens is 1. The van der Waals surface area contributed by atoms with Gasteiger partial charge in [0.1, 0.15) is 6.10 Å². The maximum Gasteiger partial charge on any atom is 0.153 e. The Kier molecular flexibility index (Phi) is 2.24. The molecule has 0 amide bonds. The molecule has 1 unspecified atom stereocenters. The van der Waals surface area contributed by atoms with Gasteiger partial charge in [-0.15, -0.1) is 0 Å². The smallest absolute Gasteiger partial charge is 0.153 e. The third-order valence-electron chi connectivity index (χ3n) is 2.14. The fourth-order valence-electron chi connectivity index (χ4n) is 1.37. The molecule has 3 nitrogen and oxygen atoms in total. The number of hydrogen-bond donors (Lipinski definition) is 1. The zero-order valence-electron chi connectivity index (χ0n) is 7.42. The molecule has 70 valence electrons. The second kappa shape index (κ2) is 3.55. The van der Waals surface area contributed by atoms with Crippen molar-refractivity contribution in [2.45, 2.75) is 6.10 Å². The molecular weight excluding hydrogens is 178 g/mol. The first-order valence-electron chi connectivity index (χ1n) is 4.28. The number of benzene rings is 1. The molecule has 0 aliphatic rings. The van der Waals surface area contributed by atoms with Gasteiger partial charge in [0.15, 0.2) is 6.29 Å². The van der Waals surface area contributed by atoms with Crippen molar-refractivity contribution in [3.8, 4) is 0 Å². The van der Waals surface area contributed by atoms with E-state index in [2.05, 4.69) is 4.98 Å². The van der Waals surface area contributed by atoms with E-state index in [1.54, 1.807) is 24.5 Å². The van der Waals surface area contributed by atoms with Crippen molar-refractivity contribution in [1.29, 1.82) is 0 Å². The number of rotatable bonds is 2. The molecule has 0 radical (unpaired) electrons. The van der Waals surface area contributed by atoms with Crippen LogP contribution in [0, 0.1) is 0 Å². The lowest BCUT2D eigenvalue weighted by molar-refractivity contribution is -0.115. The van der Waals surface area contributed by atoms with Gasteiger partial charge in [-0.3, -0.25) is 4.98 Å². The van der Waals surface area contributed by atoms with E-state index in [0.717, 1.165) is 10.8 Å². The number of aliphatic hydroxyl groups excluding tert-OH is 1. The van der Waals surface area contributed by atoms with Gasteiger partial charge < -0.3 is 9.90 Å². The molecule has 0 saturated carbocycles. The minimum absolute atomic E-state index is 0.511. The minimum atomic E-state index is -1.04. The van der Waals surface area contributed by atoms with Crippen molar-refractivity contribution < 1.29 is 9.90 Å². The average Bonchev–Trinajstić information content (AvgIpc) is 2.27. The highest BCUT2D eigenvalue weighted by atomic mass is 16.3. The van der Waals surface area contributed by atoms with Gasteiger partial charge in [-0.05, 0) is 23.1 Å². The van der Waals surface area contributed by atoms with Crippen molar-refractivity contribution in [3.05, 3.63) is 42.2 Å². The van der Waals surface area contributed by atoms with Crippen LogP contribution in [-0.4, -0.2) is 16.4 Å². The largest absolute Gasteiger partial charge is 0.381 e. The molecule has 2 rings (SSSR count). The lowest BCUT2D eigenvalue weighted by Gasteiger charge is -2.04. The number of nitrogens with zero attached hydrogens (tertiary/aromatic N) is 1. The Balaban J connectivity index is 2.56. The fraction of sp³-hybridized carbons (Fsp3) is 0.0909. The summed E-state index contributed by atoms with van der Waals surface area (Å²) in [5.41, 5.74) is 0.598. The Morgan fingerprint density at radius 1 is 1.29 bits per heavy atom. The maximum absolute atomic E-state index is 10.4. The Morgan fingerprint density at radius 3 is 2.93 bits per heavy atom. The Bertz CT molecular complexity index is 468. The molecule has 1 atom stereocenters. The summed E-state index contributed by atoms with van der Waals surface area (Å²) in [5, 5.41) is 11.3. The van der Waals surface area contributed by atoms with Crippen molar-refractivity contribution in [2.24, 2.45) is 0 Å². The average molecular weight is 187 g/mol. The van der Waals surface area contributed by atoms with E-state index in [1.807, 2.05) is 12.1 Å². The van der Waals surface area contributed by atoms with E-state index in [4.69, 9.17) is 0 Å². The monoisotopic (exact) mass is 187 g/mol. The number of pyridine rings is 1. The second-order valence-corrected chi connectivity index (χ2v) is 3.06. The molecule has 0 saturated heterocycles. The number of aldehydes is 1. The van der Waals surface area contributed by atoms with E-state index >= 15 is 0 Å². The van der Waals surface area contributed by atoms with Crippen LogP contribution in [0.2, 0.25) is 0 Å². The molecule has 1 N–H and O–H groups in total. The minimum Gasteiger partial charge on any atom is -0.381 e. The van der Waals surface area contributed by atoms with Crippen LogP contribution >= 0.6 is 0 Å². The first-order chi connectivity index (χ1) is 6.81. The quantitative estimate of drug-likeness (QED) is 0.724. The molecular formula is C11H9NO2. The number of hydrogen-bond acceptors (Lipinski definition) is 3. The second-order valence-electron chi connectivity index (χ2n) is 3.06.